The Morgan fingerprint density at radius 3 is 2.76 bits per heavy atom. The van der Waals surface area contributed by atoms with Crippen LogP contribution in [0.3, 0.4) is 0 Å². The SMILES string of the molecule is COc1cc(F)cc(-c2nccc3[nH]c(-c4[nH]nc5ncc(C6CCNCC6)cc45)cc23)c1. The molecule has 33 heavy (non-hydrogen) atoms. The number of nitrogens with zero attached hydrogens (tertiary/aromatic N) is 3. The second-order valence-electron chi connectivity index (χ2n) is 8.45. The van der Waals surface area contributed by atoms with E-state index in [1.165, 1.54) is 24.8 Å². The average Bonchev–Trinajstić information content (AvgIpc) is 3.47. The van der Waals surface area contributed by atoms with Gasteiger partial charge in [-0.05, 0) is 67.7 Å². The summed E-state index contributed by atoms with van der Waals surface area (Å²) >= 11 is 0. The Hall–Kier alpha value is -3.78. The van der Waals surface area contributed by atoms with Crippen LogP contribution in [0.4, 0.5) is 4.39 Å². The van der Waals surface area contributed by atoms with Crippen LogP contribution in [0.25, 0.3) is 44.6 Å². The highest BCUT2D eigenvalue weighted by atomic mass is 19.1. The molecule has 0 saturated carbocycles. The van der Waals surface area contributed by atoms with Gasteiger partial charge in [0, 0.05) is 40.3 Å². The predicted molar refractivity (Wildman–Crippen MR) is 126 cm³/mol. The van der Waals surface area contributed by atoms with Crippen LogP contribution in [-0.2, 0) is 0 Å². The molecule has 1 aromatic carbocycles. The van der Waals surface area contributed by atoms with E-state index in [0.717, 1.165) is 53.6 Å². The lowest BCUT2D eigenvalue weighted by Crippen LogP contribution is -2.26. The summed E-state index contributed by atoms with van der Waals surface area (Å²) in [5.74, 6) is 0.595. The van der Waals surface area contributed by atoms with Crippen LogP contribution in [0.2, 0.25) is 0 Å². The number of ether oxygens (including phenoxy) is 1. The number of fused-ring (bicyclic) bond motifs is 2. The first-order valence-corrected chi connectivity index (χ1v) is 11.1. The highest BCUT2D eigenvalue weighted by molar-refractivity contribution is 5.99. The molecule has 0 unspecified atom stereocenters. The first-order valence-electron chi connectivity index (χ1n) is 11.1. The van der Waals surface area contributed by atoms with E-state index in [-0.39, 0.29) is 5.82 Å². The average molecular weight is 442 g/mol. The molecular formula is C25H23FN6O. The van der Waals surface area contributed by atoms with Crippen molar-refractivity contribution in [2.24, 2.45) is 0 Å². The fourth-order valence-corrected chi connectivity index (χ4v) is 4.74. The third-order valence-corrected chi connectivity index (χ3v) is 6.44. The van der Waals surface area contributed by atoms with E-state index in [9.17, 15) is 4.39 Å². The topological polar surface area (TPSA) is 91.5 Å². The molecule has 1 fully saturated rings. The van der Waals surface area contributed by atoms with Crippen molar-refractivity contribution in [1.29, 1.82) is 0 Å². The first-order chi connectivity index (χ1) is 16.2. The molecule has 3 N–H and O–H groups in total. The molecule has 1 saturated heterocycles. The minimum absolute atomic E-state index is 0.366. The van der Waals surface area contributed by atoms with Crippen LogP contribution in [0.5, 0.6) is 5.75 Å². The van der Waals surface area contributed by atoms with Gasteiger partial charge in [0.05, 0.1) is 24.2 Å². The first kappa shape index (κ1) is 19.9. The lowest BCUT2D eigenvalue weighted by Gasteiger charge is -2.22. The van der Waals surface area contributed by atoms with Crippen molar-refractivity contribution in [1.82, 2.24) is 30.5 Å². The Balaban J connectivity index is 1.46. The predicted octanol–water partition coefficient (Wildman–Crippen LogP) is 4.78. The zero-order chi connectivity index (χ0) is 22.4. The van der Waals surface area contributed by atoms with Crippen LogP contribution in [0.1, 0.15) is 24.3 Å². The van der Waals surface area contributed by atoms with Gasteiger partial charge in [0.25, 0.3) is 0 Å². The van der Waals surface area contributed by atoms with Crippen molar-refractivity contribution in [3.63, 3.8) is 0 Å². The van der Waals surface area contributed by atoms with Gasteiger partial charge in [-0.3, -0.25) is 10.1 Å². The second-order valence-corrected chi connectivity index (χ2v) is 8.45. The van der Waals surface area contributed by atoms with Gasteiger partial charge in [-0.15, -0.1) is 0 Å². The highest BCUT2D eigenvalue weighted by Crippen LogP contribution is 2.35. The van der Waals surface area contributed by atoms with E-state index in [1.807, 2.05) is 18.3 Å². The molecule has 7 nitrogen and oxygen atoms in total. The summed E-state index contributed by atoms with van der Waals surface area (Å²) < 4.78 is 19.4. The number of methoxy groups -OCH3 is 1. The third kappa shape index (κ3) is 3.52. The summed E-state index contributed by atoms with van der Waals surface area (Å²) in [6.45, 7) is 2.06. The molecule has 0 spiro atoms. The van der Waals surface area contributed by atoms with Crippen molar-refractivity contribution >= 4 is 21.9 Å². The summed E-state index contributed by atoms with van der Waals surface area (Å²) in [4.78, 5) is 12.6. The molecule has 0 atom stereocenters. The van der Waals surface area contributed by atoms with Crippen molar-refractivity contribution in [3.8, 4) is 28.4 Å². The molecule has 166 valence electrons. The van der Waals surface area contributed by atoms with Gasteiger partial charge >= 0.3 is 0 Å². The van der Waals surface area contributed by atoms with E-state index in [1.54, 1.807) is 12.3 Å². The number of piperidine rings is 1. The molecule has 1 aliphatic rings. The molecular weight excluding hydrogens is 419 g/mol. The van der Waals surface area contributed by atoms with Crippen molar-refractivity contribution in [2.45, 2.75) is 18.8 Å². The maximum atomic E-state index is 14.2. The van der Waals surface area contributed by atoms with Gasteiger partial charge in [0.2, 0.25) is 0 Å². The number of pyridine rings is 2. The van der Waals surface area contributed by atoms with Gasteiger partial charge in [-0.2, -0.15) is 5.10 Å². The van der Waals surface area contributed by atoms with E-state index >= 15 is 0 Å². The highest BCUT2D eigenvalue weighted by Gasteiger charge is 2.19. The maximum Gasteiger partial charge on any atom is 0.181 e. The lowest BCUT2D eigenvalue weighted by atomic mass is 9.91. The number of aromatic amines is 2. The summed E-state index contributed by atoms with van der Waals surface area (Å²) in [5, 5.41) is 12.9. The fourth-order valence-electron chi connectivity index (χ4n) is 4.74. The lowest BCUT2D eigenvalue weighted by molar-refractivity contribution is 0.411. The quantitative estimate of drug-likeness (QED) is 0.373. The fraction of sp³-hybridized carbons (Fsp3) is 0.240. The van der Waals surface area contributed by atoms with Gasteiger partial charge in [0.1, 0.15) is 11.6 Å². The van der Waals surface area contributed by atoms with E-state index in [0.29, 0.717) is 28.6 Å². The summed E-state index contributed by atoms with van der Waals surface area (Å²) in [7, 11) is 1.52. The van der Waals surface area contributed by atoms with E-state index < -0.39 is 0 Å². The second kappa shape index (κ2) is 7.97. The summed E-state index contributed by atoms with van der Waals surface area (Å²) in [5.41, 5.74) is 5.95. The largest absolute Gasteiger partial charge is 0.497 e. The molecule has 5 aromatic rings. The Kier molecular flexibility index (Phi) is 4.80. The Bertz CT molecular complexity index is 1470. The third-order valence-electron chi connectivity index (χ3n) is 6.44. The molecule has 5 heterocycles. The molecule has 6 rings (SSSR count). The van der Waals surface area contributed by atoms with Crippen LogP contribution in [0.15, 0.2) is 48.8 Å². The van der Waals surface area contributed by atoms with Gasteiger partial charge in [-0.1, -0.05) is 0 Å². The number of halogens is 1. The minimum atomic E-state index is -0.366. The number of rotatable bonds is 4. The van der Waals surface area contributed by atoms with Crippen LogP contribution >= 0.6 is 0 Å². The zero-order valence-corrected chi connectivity index (χ0v) is 18.2. The molecule has 0 aliphatic carbocycles. The van der Waals surface area contributed by atoms with Crippen molar-refractivity contribution < 1.29 is 9.13 Å². The Labute approximate surface area is 189 Å². The minimum Gasteiger partial charge on any atom is -0.497 e. The molecule has 0 radical (unpaired) electrons. The normalized spacial score (nSPS) is 14.8. The van der Waals surface area contributed by atoms with E-state index in [2.05, 4.69) is 36.5 Å². The van der Waals surface area contributed by atoms with Crippen LogP contribution in [0, 0.1) is 5.82 Å². The molecule has 8 heteroatoms. The number of nitrogens with one attached hydrogen (secondary N) is 3. The number of hydrogen-bond acceptors (Lipinski definition) is 5. The maximum absolute atomic E-state index is 14.2. The van der Waals surface area contributed by atoms with Crippen molar-refractivity contribution in [3.05, 3.63) is 60.2 Å². The number of H-pyrrole nitrogens is 2. The molecule has 0 bridgehead atoms. The van der Waals surface area contributed by atoms with Crippen LogP contribution < -0.4 is 10.1 Å². The smallest absolute Gasteiger partial charge is 0.181 e. The van der Waals surface area contributed by atoms with Gasteiger partial charge < -0.3 is 15.0 Å². The Morgan fingerprint density at radius 2 is 1.91 bits per heavy atom. The Morgan fingerprint density at radius 1 is 1.03 bits per heavy atom. The van der Waals surface area contributed by atoms with E-state index in [4.69, 9.17) is 4.74 Å². The van der Waals surface area contributed by atoms with Gasteiger partial charge in [-0.25, -0.2) is 9.37 Å². The molecule has 1 aliphatic heterocycles. The monoisotopic (exact) mass is 442 g/mol. The number of aromatic nitrogens is 5. The van der Waals surface area contributed by atoms with Crippen molar-refractivity contribution in [2.75, 3.05) is 20.2 Å². The zero-order valence-electron chi connectivity index (χ0n) is 18.2. The number of benzene rings is 1. The summed E-state index contributed by atoms with van der Waals surface area (Å²) in [6.07, 6.45) is 5.89. The number of hydrogen-bond donors (Lipinski definition) is 3. The van der Waals surface area contributed by atoms with Crippen LogP contribution in [-0.4, -0.2) is 45.3 Å². The summed E-state index contributed by atoms with van der Waals surface area (Å²) in [6, 6.07) is 10.8. The standard InChI is InChI=1S/C25H23FN6O/c1-33-18-9-15(8-17(26)11-18)23-19-12-22(30-21(19)4-7-28-23)24-20-10-16(13-29-25(20)32-31-24)14-2-5-27-6-3-14/h4,7-14,27,30H,2-3,5-6H2,1H3,(H,29,31,32). The molecule has 4 aromatic heterocycles. The molecule has 0 amide bonds. The van der Waals surface area contributed by atoms with Gasteiger partial charge in [0.15, 0.2) is 5.65 Å².